The van der Waals surface area contributed by atoms with Gasteiger partial charge in [-0.2, -0.15) is 0 Å². The molecule has 1 unspecified atom stereocenters. The monoisotopic (exact) mass is 204 g/mol. The van der Waals surface area contributed by atoms with Crippen molar-refractivity contribution in [1.82, 2.24) is 0 Å². The average Bonchev–Trinajstić information content (AvgIpc) is 2.09. The fourth-order valence-electron chi connectivity index (χ4n) is 0.912. The van der Waals surface area contributed by atoms with E-state index in [0.29, 0.717) is 12.1 Å². The van der Waals surface area contributed by atoms with Crippen molar-refractivity contribution < 1.29 is 23.1 Å². The van der Waals surface area contributed by atoms with E-state index in [1.165, 1.54) is 0 Å². The summed E-state index contributed by atoms with van der Waals surface area (Å²) in [6.07, 6.45) is 0. The van der Waals surface area contributed by atoms with E-state index in [9.17, 15) is 18.0 Å². The lowest BCUT2D eigenvalue weighted by Gasteiger charge is -2.15. The molecule has 0 fully saturated rings. The molecule has 14 heavy (non-hydrogen) atoms. The fraction of sp³-hybridized carbons (Fsp3) is 0.222. The zero-order valence-corrected chi connectivity index (χ0v) is 7.22. The Morgan fingerprint density at radius 3 is 2.36 bits per heavy atom. The lowest BCUT2D eigenvalue weighted by atomic mass is 9.98. The predicted octanol–water partition coefficient (Wildman–Crippen LogP) is 2.23. The minimum absolute atomic E-state index is 0.427. The molecular formula is C9H7F3O2. The Kier molecular flexibility index (Phi) is 2.51. The van der Waals surface area contributed by atoms with Crippen LogP contribution in [0.3, 0.4) is 0 Å². The average molecular weight is 204 g/mol. The lowest BCUT2D eigenvalue weighted by Crippen LogP contribution is -2.27. The van der Waals surface area contributed by atoms with Crippen LogP contribution in [0.2, 0.25) is 0 Å². The maximum absolute atomic E-state index is 13.4. The van der Waals surface area contributed by atoms with Crippen molar-refractivity contribution in [2.75, 3.05) is 0 Å². The van der Waals surface area contributed by atoms with Crippen LogP contribution in [0, 0.1) is 11.6 Å². The molecule has 0 radical (unpaired) electrons. The third-order valence-electron chi connectivity index (χ3n) is 1.86. The van der Waals surface area contributed by atoms with E-state index in [1.54, 1.807) is 0 Å². The van der Waals surface area contributed by atoms with E-state index >= 15 is 0 Å². The van der Waals surface area contributed by atoms with Crippen LogP contribution in [0.4, 0.5) is 13.2 Å². The molecule has 0 spiro atoms. The Morgan fingerprint density at radius 2 is 1.93 bits per heavy atom. The van der Waals surface area contributed by atoms with Crippen molar-refractivity contribution in [1.29, 1.82) is 0 Å². The van der Waals surface area contributed by atoms with Crippen molar-refractivity contribution >= 4 is 5.97 Å². The van der Waals surface area contributed by atoms with Gasteiger partial charge in [0.15, 0.2) is 11.6 Å². The Labute approximate surface area is 78.0 Å². The second kappa shape index (κ2) is 3.32. The summed E-state index contributed by atoms with van der Waals surface area (Å²) in [5.41, 5.74) is -3.14. The topological polar surface area (TPSA) is 37.3 Å². The first-order chi connectivity index (χ1) is 6.35. The molecule has 76 valence electrons. The van der Waals surface area contributed by atoms with Gasteiger partial charge >= 0.3 is 5.97 Å². The van der Waals surface area contributed by atoms with Gasteiger partial charge in [-0.1, -0.05) is 6.07 Å². The standard InChI is InChI=1S/C9H7F3O2/c1-9(12,8(13)14)5-2-3-6(10)7(11)4-5/h2-4H,1H3,(H,13,14). The van der Waals surface area contributed by atoms with Gasteiger partial charge in [-0.3, -0.25) is 0 Å². The highest BCUT2D eigenvalue weighted by atomic mass is 19.2. The highest BCUT2D eigenvalue weighted by Crippen LogP contribution is 2.26. The predicted molar refractivity (Wildman–Crippen MR) is 42.5 cm³/mol. The van der Waals surface area contributed by atoms with E-state index in [-0.39, 0.29) is 0 Å². The van der Waals surface area contributed by atoms with Gasteiger partial charge in [0.1, 0.15) is 0 Å². The molecule has 0 aromatic heterocycles. The number of carbonyl (C=O) groups is 1. The van der Waals surface area contributed by atoms with Crippen molar-refractivity contribution in [3.05, 3.63) is 35.4 Å². The molecule has 0 heterocycles. The van der Waals surface area contributed by atoms with Gasteiger partial charge in [0.25, 0.3) is 0 Å². The number of carboxylic acids is 1. The third-order valence-corrected chi connectivity index (χ3v) is 1.86. The van der Waals surface area contributed by atoms with E-state index in [0.717, 1.165) is 13.0 Å². The van der Waals surface area contributed by atoms with E-state index in [2.05, 4.69) is 0 Å². The molecule has 1 rings (SSSR count). The summed E-state index contributed by atoms with van der Waals surface area (Å²) in [5, 5.41) is 8.46. The van der Waals surface area contributed by atoms with Crippen LogP contribution in [0.25, 0.3) is 0 Å². The normalized spacial score (nSPS) is 14.9. The molecule has 0 saturated carbocycles. The van der Waals surface area contributed by atoms with Crippen molar-refractivity contribution in [3.8, 4) is 0 Å². The van der Waals surface area contributed by atoms with Gasteiger partial charge in [0, 0.05) is 5.56 Å². The van der Waals surface area contributed by atoms with Gasteiger partial charge < -0.3 is 5.11 Å². The highest BCUT2D eigenvalue weighted by molar-refractivity contribution is 5.78. The molecule has 2 nitrogen and oxygen atoms in total. The van der Waals surface area contributed by atoms with Gasteiger partial charge in [-0.05, 0) is 19.1 Å². The SMILES string of the molecule is CC(F)(C(=O)O)c1ccc(F)c(F)c1. The van der Waals surface area contributed by atoms with E-state index < -0.39 is 28.8 Å². The number of hydrogen-bond donors (Lipinski definition) is 1. The number of carboxylic acid groups (broad SMARTS) is 1. The number of aliphatic carboxylic acids is 1. The van der Waals surface area contributed by atoms with Gasteiger partial charge in [0.05, 0.1) is 0 Å². The summed E-state index contributed by atoms with van der Waals surface area (Å²) in [6.45, 7) is 0.766. The number of rotatable bonds is 2. The molecule has 1 N–H and O–H groups in total. The zero-order chi connectivity index (χ0) is 10.9. The summed E-state index contributed by atoms with van der Waals surface area (Å²) in [4.78, 5) is 10.4. The first-order valence-electron chi connectivity index (χ1n) is 3.73. The molecule has 0 bridgehead atoms. The third kappa shape index (κ3) is 1.71. The van der Waals surface area contributed by atoms with Crippen molar-refractivity contribution in [2.24, 2.45) is 0 Å². The second-order valence-corrected chi connectivity index (χ2v) is 2.94. The highest BCUT2D eigenvalue weighted by Gasteiger charge is 2.35. The van der Waals surface area contributed by atoms with E-state index in [1.807, 2.05) is 0 Å². The van der Waals surface area contributed by atoms with Crippen LogP contribution in [-0.2, 0) is 10.5 Å². The maximum Gasteiger partial charge on any atom is 0.345 e. The summed E-state index contributed by atoms with van der Waals surface area (Å²) < 4.78 is 38.4. The fourth-order valence-corrected chi connectivity index (χ4v) is 0.912. The zero-order valence-electron chi connectivity index (χ0n) is 7.22. The number of hydrogen-bond acceptors (Lipinski definition) is 1. The largest absolute Gasteiger partial charge is 0.479 e. The van der Waals surface area contributed by atoms with Gasteiger partial charge in [-0.15, -0.1) is 0 Å². The first-order valence-corrected chi connectivity index (χ1v) is 3.73. The minimum Gasteiger partial charge on any atom is -0.479 e. The van der Waals surface area contributed by atoms with Crippen molar-refractivity contribution in [3.63, 3.8) is 0 Å². The second-order valence-electron chi connectivity index (χ2n) is 2.94. The van der Waals surface area contributed by atoms with Crippen molar-refractivity contribution in [2.45, 2.75) is 12.6 Å². The lowest BCUT2D eigenvalue weighted by molar-refractivity contribution is -0.150. The number of benzene rings is 1. The molecule has 0 aliphatic carbocycles. The number of alkyl halides is 1. The minimum atomic E-state index is -2.71. The maximum atomic E-state index is 13.4. The molecule has 1 atom stereocenters. The molecule has 0 amide bonds. The van der Waals surface area contributed by atoms with Crippen LogP contribution < -0.4 is 0 Å². The summed E-state index contributed by atoms with van der Waals surface area (Å²) >= 11 is 0. The van der Waals surface area contributed by atoms with Crippen LogP contribution >= 0.6 is 0 Å². The van der Waals surface area contributed by atoms with E-state index in [4.69, 9.17) is 5.11 Å². The Hall–Kier alpha value is -1.52. The molecular weight excluding hydrogens is 197 g/mol. The summed E-state index contributed by atoms with van der Waals surface area (Å²) in [7, 11) is 0. The first kappa shape index (κ1) is 10.6. The number of halogens is 3. The molecule has 5 heteroatoms. The molecule has 0 aliphatic rings. The summed E-state index contributed by atoms with van der Waals surface area (Å²) in [6, 6.07) is 2.11. The summed E-state index contributed by atoms with van der Waals surface area (Å²) in [5.74, 6) is -4.16. The Bertz CT molecular complexity index is 374. The quantitative estimate of drug-likeness (QED) is 0.802. The molecule has 1 aromatic rings. The van der Waals surface area contributed by atoms with Gasteiger partial charge in [0.2, 0.25) is 5.67 Å². The molecule has 1 aromatic carbocycles. The smallest absolute Gasteiger partial charge is 0.345 e. The van der Waals surface area contributed by atoms with Crippen LogP contribution in [-0.4, -0.2) is 11.1 Å². The Morgan fingerprint density at radius 1 is 1.36 bits per heavy atom. The van der Waals surface area contributed by atoms with Gasteiger partial charge in [-0.25, -0.2) is 18.0 Å². The van der Waals surface area contributed by atoms with Crippen LogP contribution in [0.15, 0.2) is 18.2 Å². The molecule has 0 aliphatic heterocycles. The van der Waals surface area contributed by atoms with Crippen LogP contribution in [0.1, 0.15) is 12.5 Å². The Balaban J connectivity index is 3.21. The van der Waals surface area contributed by atoms with Crippen LogP contribution in [0.5, 0.6) is 0 Å². The molecule has 0 saturated heterocycles.